The SMILES string of the molecule is O=C(O)NC1(CO)COC1. The zero-order valence-corrected chi connectivity index (χ0v) is 5.33. The first-order valence-electron chi connectivity index (χ1n) is 2.88. The molecule has 0 aromatic rings. The number of rotatable bonds is 2. The molecule has 0 aromatic carbocycles. The van der Waals surface area contributed by atoms with Gasteiger partial charge in [-0.25, -0.2) is 4.79 Å². The second-order valence-corrected chi connectivity index (χ2v) is 2.36. The highest BCUT2D eigenvalue weighted by atomic mass is 16.5. The van der Waals surface area contributed by atoms with Gasteiger partial charge in [-0.05, 0) is 0 Å². The molecule has 5 nitrogen and oxygen atoms in total. The largest absolute Gasteiger partial charge is 0.465 e. The van der Waals surface area contributed by atoms with Crippen LogP contribution in [-0.2, 0) is 4.74 Å². The standard InChI is InChI=1S/C5H9NO4/c7-1-5(2-10-3-5)6-4(8)9/h6-7H,1-3H2,(H,8,9). The molecular weight excluding hydrogens is 138 g/mol. The summed E-state index contributed by atoms with van der Waals surface area (Å²) in [6.07, 6.45) is -1.13. The van der Waals surface area contributed by atoms with Crippen molar-refractivity contribution in [1.82, 2.24) is 5.32 Å². The van der Waals surface area contributed by atoms with Gasteiger partial charge in [-0.3, -0.25) is 0 Å². The first kappa shape index (κ1) is 7.30. The van der Waals surface area contributed by atoms with Crippen LogP contribution in [0.25, 0.3) is 0 Å². The van der Waals surface area contributed by atoms with Gasteiger partial charge in [0.15, 0.2) is 0 Å². The minimum Gasteiger partial charge on any atom is -0.465 e. The Morgan fingerprint density at radius 3 is 2.40 bits per heavy atom. The summed E-state index contributed by atoms with van der Waals surface area (Å²) in [5.41, 5.74) is -0.730. The van der Waals surface area contributed by atoms with E-state index in [1.165, 1.54) is 0 Å². The molecule has 1 saturated heterocycles. The van der Waals surface area contributed by atoms with Crippen LogP contribution in [-0.4, -0.2) is 41.7 Å². The van der Waals surface area contributed by atoms with Crippen molar-refractivity contribution in [3.63, 3.8) is 0 Å². The number of nitrogens with one attached hydrogen (secondary N) is 1. The minimum atomic E-state index is -1.13. The first-order valence-corrected chi connectivity index (χ1v) is 2.88. The molecule has 1 amide bonds. The van der Waals surface area contributed by atoms with Crippen LogP contribution in [0.3, 0.4) is 0 Å². The van der Waals surface area contributed by atoms with E-state index in [4.69, 9.17) is 14.9 Å². The summed E-state index contributed by atoms with van der Waals surface area (Å²) >= 11 is 0. The molecule has 1 fully saturated rings. The van der Waals surface area contributed by atoms with Gasteiger partial charge in [0.05, 0.1) is 19.8 Å². The maximum atomic E-state index is 10.1. The van der Waals surface area contributed by atoms with E-state index in [1.54, 1.807) is 0 Å². The van der Waals surface area contributed by atoms with E-state index in [1.807, 2.05) is 0 Å². The molecule has 0 saturated carbocycles. The molecule has 0 atom stereocenters. The summed E-state index contributed by atoms with van der Waals surface area (Å²) < 4.78 is 4.74. The topological polar surface area (TPSA) is 78.8 Å². The van der Waals surface area contributed by atoms with Gasteiger partial charge >= 0.3 is 6.09 Å². The van der Waals surface area contributed by atoms with Gasteiger partial charge in [0, 0.05) is 0 Å². The summed E-state index contributed by atoms with van der Waals surface area (Å²) in [5, 5.41) is 19.1. The van der Waals surface area contributed by atoms with Gasteiger partial charge in [-0.2, -0.15) is 0 Å². The van der Waals surface area contributed by atoms with Gasteiger partial charge < -0.3 is 20.3 Å². The van der Waals surface area contributed by atoms with Crippen molar-refractivity contribution < 1.29 is 19.7 Å². The Labute approximate surface area is 57.6 Å². The molecule has 0 unspecified atom stereocenters. The van der Waals surface area contributed by atoms with Gasteiger partial charge in [0.1, 0.15) is 5.54 Å². The summed E-state index contributed by atoms with van der Waals surface area (Å²) in [6.45, 7) is 0.310. The van der Waals surface area contributed by atoms with Crippen LogP contribution in [0.1, 0.15) is 0 Å². The Morgan fingerprint density at radius 1 is 1.70 bits per heavy atom. The van der Waals surface area contributed by atoms with E-state index in [-0.39, 0.29) is 19.8 Å². The van der Waals surface area contributed by atoms with Crippen molar-refractivity contribution in [2.24, 2.45) is 0 Å². The van der Waals surface area contributed by atoms with Crippen LogP contribution in [0, 0.1) is 0 Å². The molecule has 3 N–H and O–H groups in total. The van der Waals surface area contributed by atoms with E-state index >= 15 is 0 Å². The van der Waals surface area contributed by atoms with Gasteiger partial charge in [0.2, 0.25) is 0 Å². The van der Waals surface area contributed by atoms with Crippen LogP contribution in [0.4, 0.5) is 4.79 Å². The molecule has 1 aliphatic heterocycles. The summed E-state index contributed by atoms with van der Waals surface area (Å²) in [5.74, 6) is 0. The number of aliphatic hydroxyl groups is 1. The van der Waals surface area contributed by atoms with Crippen molar-refractivity contribution >= 4 is 6.09 Å². The Bertz CT molecular complexity index is 137. The molecule has 58 valence electrons. The van der Waals surface area contributed by atoms with Crippen LogP contribution in [0.5, 0.6) is 0 Å². The van der Waals surface area contributed by atoms with Crippen molar-refractivity contribution in [2.75, 3.05) is 19.8 Å². The first-order chi connectivity index (χ1) is 4.68. The van der Waals surface area contributed by atoms with Gasteiger partial charge in [0.25, 0.3) is 0 Å². The summed E-state index contributed by atoms with van der Waals surface area (Å²) in [7, 11) is 0. The maximum Gasteiger partial charge on any atom is 0.405 e. The number of aliphatic hydroxyl groups excluding tert-OH is 1. The molecule has 1 aliphatic rings. The predicted octanol–water partition coefficient (Wildman–Crippen LogP) is -0.985. The van der Waals surface area contributed by atoms with Crippen LogP contribution < -0.4 is 5.32 Å². The molecule has 0 radical (unpaired) electrons. The fourth-order valence-corrected chi connectivity index (χ4v) is 0.778. The molecule has 0 aromatic heterocycles. The van der Waals surface area contributed by atoms with E-state index in [0.717, 1.165) is 0 Å². The number of carbonyl (C=O) groups is 1. The lowest BCUT2D eigenvalue weighted by Crippen LogP contribution is -2.64. The average Bonchev–Trinajstić information content (AvgIpc) is 1.78. The van der Waals surface area contributed by atoms with Crippen molar-refractivity contribution in [3.05, 3.63) is 0 Å². The molecule has 10 heavy (non-hydrogen) atoms. The molecule has 5 heteroatoms. The highest BCUT2D eigenvalue weighted by molar-refractivity contribution is 5.65. The molecule has 0 spiro atoms. The van der Waals surface area contributed by atoms with Gasteiger partial charge in [-0.15, -0.1) is 0 Å². The Balaban J connectivity index is 2.40. The molecule has 1 heterocycles. The zero-order chi connectivity index (χ0) is 7.61. The van der Waals surface area contributed by atoms with Crippen molar-refractivity contribution in [1.29, 1.82) is 0 Å². The number of ether oxygens (including phenoxy) is 1. The highest BCUT2D eigenvalue weighted by Gasteiger charge is 2.39. The minimum absolute atomic E-state index is 0.209. The lowest BCUT2D eigenvalue weighted by Gasteiger charge is -2.39. The third-order valence-electron chi connectivity index (χ3n) is 1.43. The van der Waals surface area contributed by atoms with Crippen molar-refractivity contribution in [3.8, 4) is 0 Å². The Kier molecular flexibility index (Phi) is 1.78. The second kappa shape index (κ2) is 2.43. The third kappa shape index (κ3) is 1.19. The summed E-state index contributed by atoms with van der Waals surface area (Å²) in [4.78, 5) is 10.1. The van der Waals surface area contributed by atoms with Crippen LogP contribution >= 0.6 is 0 Å². The average molecular weight is 147 g/mol. The fourth-order valence-electron chi connectivity index (χ4n) is 0.778. The van der Waals surface area contributed by atoms with Crippen LogP contribution in [0.15, 0.2) is 0 Å². The molecule has 0 bridgehead atoms. The van der Waals surface area contributed by atoms with E-state index in [0.29, 0.717) is 0 Å². The van der Waals surface area contributed by atoms with E-state index in [2.05, 4.69) is 5.32 Å². The monoisotopic (exact) mass is 147 g/mol. The zero-order valence-electron chi connectivity index (χ0n) is 5.33. The smallest absolute Gasteiger partial charge is 0.405 e. The lowest BCUT2D eigenvalue weighted by molar-refractivity contribution is -0.0930. The fraction of sp³-hybridized carbons (Fsp3) is 0.800. The number of amides is 1. The van der Waals surface area contributed by atoms with Crippen molar-refractivity contribution in [2.45, 2.75) is 5.54 Å². The number of hydrogen-bond donors (Lipinski definition) is 3. The van der Waals surface area contributed by atoms with E-state index < -0.39 is 11.6 Å². The quantitative estimate of drug-likeness (QED) is 0.469. The second-order valence-electron chi connectivity index (χ2n) is 2.36. The number of hydrogen-bond acceptors (Lipinski definition) is 3. The normalized spacial score (nSPS) is 21.3. The maximum absolute atomic E-state index is 10.1. The molecular formula is C5H9NO4. The highest BCUT2D eigenvalue weighted by Crippen LogP contribution is 2.15. The van der Waals surface area contributed by atoms with Crippen LogP contribution in [0.2, 0.25) is 0 Å². The van der Waals surface area contributed by atoms with E-state index in [9.17, 15) is 4.79 Å². The lowest BCUT2D eigenvalue weighted by atomic mass is 9.99. The van der Waals surface area contributed by atoms with Gasteiger partial charge in [-0.1, -0.05) is 0 Å². The Hall–Kier alpha value is -0.810. The summed E-state index contributed by atoms with van der Waals surface area (Å²) in [6, 6.07) is 0. The number of carboxylic acid groups (broad SMARTS) is 1. The molecule has 0 aliphatic carbocycles. The molecule has 1 rings (SSSR count). The Morgan fingerprint density at radius 2 is 2.30 bits per heavy atom. The third-order valence-corrected chi connectivity index (χ3v) is 1.43. The predicted molar refractivity (Wildman–Crippen MR) is 31.8 cm³/mol.